The van der Waals surface area contributed by atoms with Gasteiger partial charge in [-0.05, 0) is 162 Å². The third-order valence-corrected chi connectivity index (χ3v) is 14.6. The van der Waals surface area contributed by atoms with Crippen molar-refractivity contribution in [2.24, 2.45) is 0 Å². The summed E-state index contributed by atoms with van der Waals surface area (Å²) in [5, 5.41) is 12.5. The second-order valence-electron chi connectivity index (χ2n) is 18.5. The molecule has 0 fully saturated rings. The Bertz CT molecular complexity index is 4340. The number of benzene rings is 11. The Balaban J connectivity index is 0.893. The Kier molecular flexibility index (Phi) is 8.84. The Hall–Kier alpha value is -8.98. The maximum atomic E-state index is 4.51. The standard InChI is InChI=1S/C67H44N2/c1-43-16-4-2-5-18-50-42-59(58-35-31-44-17-8-9-22-54(44)67(58)66(50)57-25-11-10-21-53(43)57)49-29-28-46-39-52(34-30-45(46)38-49)69-63-27-15-13-24-56(63)61-41-48(33-37-65(61)69)47-32-36-64-60(40-47)55-23-12-14-26-62(55)68(64)51-19-6-3-7-20-51/h2-17,19-42H,1,18H2/b5-2-,16-4-. The summed E-state index contributed by atoms with van der Waals surface area (Å²) < 4.78 is 4.82. The van der Waals surface area contributed by atoms with Crippen LogP contribution in [0.25, 0.3) is 126 Å². The zero-order valence-electron chi connectivity index (χ0n) is 37.9. The number of fused-ring (bicyclic) bond motifs is 14. The molecule has 69 heavy (non-hydrogen) atoms. The number of allylic oxidation sites excluding steroid dienone is 5. The van der Waals surface area contributed by atoms with Gasteiger partial charge >= 0.3 is 0 Å². The number of hydrogen-bond acceptors (Lipinski definition) is 0. The van der Waals surface area contributed by atoms with Crippen LogP contribution in [0.3, 0.4) is 0 Å². The molecule has 0 radical (unpaired) electrons. The molecule has 0 unspecified atom stereocenters. The summed E-state index contributed by atoms with van der Waals surface area (Å²) in [6.07, 6.45) is 9.50. The lowest BCUT2D eigenvalue weighted by atomic mass is 9.82. The highest BCUT2D eigenvalue weighted by atomic mass is 15.0. The molecule has 11 aromatic carbocycles. The summed E-state index contributed by atoms with van der Waals surface area (Å²) >= 11 is 0. The Morgan fingerprint density at radius 1 is 0.348 bits per heavy atom. The largest absolute Gasteiger partial charge is 0.309 e. The van der Waals surface area contributed by atoms with Crippen LogP contribution in [-0.2, 0) is 6.42 Å². The second kappa shape index (κ2) is 15.6. The first-order chi connectivity index (χ1) is 34.1. The van der Waals surface area contributed by atoms with E-state index in [4.69, 9.17) is 0 Å². The predicted molar refractivity (Wildman–Crippen MR) is 295 cm³/mol. The molecule has 0 amide bonds. The van der Waals surface area contributed by atoms with Crippen LogP contribution in [-0.4, -0.2) is 9.13 Å². The van der Waals surface area contributed by atoms with Gasteiger partial charge in [0.25, 0.3) is 0 Å². The normalized spacial score (nSPS) is 13.7. The first-order valence-electron chi connectivity index (χ1n) is 23.9. The lowest BCUT2D eigenvalue weighted by Crippen LogP contribution is -1.98. The molecule has 0 saturated heterocycles. The Labute approximate surface area is 400 Å². The van der Waals surface area contributed by atoms with Gasteiger partial charge in [0.2, 0.25) is 0 Å². The van der Waals surface area contributed by atoms with Crippen LogP contribution in [0.1, 0.15) is 11.1 Å². The molecular weight excluding hydrogens is 833 g/mol. The van der Waals surface area contributed by atoms with E-state index in [9.17, 15) is 0 Å². The van der Waals surface area contributed by atoms with E-state index in [-0.39, 0.29) is 0 Å². The highest BCUT2D eigenvalue weighted by Crippen LogP contribution is 2.46. The van der Waals surface area contributed by atoms with Gasteiger partial charge in [-0.1, -0.05) is 176 Å². The molecule has 0 bridgehead atoms. The van der Waals surface area contributed by atoms with Gasteiger partial charge in [0.1, 0.15) is 0 Å². The summed E-state index contributed by atoms with van der Waals surface area (Å²) in [5.74, 6) is 0. The number of aromatic nitrogens is 2. The van der Waals surface area contributed by atoms with E-state index in [0.717, 1.165) is 17.7 Å². The molecule has 0 saturated carbocycles. The number of hydrogen-bond donors (Lipinski definition) is 0. The van der Waals surface area contributed by atoms with Crippen molar-refractivity contribution in [1.82, 2.24) is 9.13 Å². The molecule has 1 aliphatic rings. The lowest BCUT2D eigenvalue weighted by molar-refractivity contribution is 1.18. The summed E-state index contributed by atoms with van der Waals surface area (Å²) in [4.78, 5) is 0. The third kappa shape index (κ3) is 6.19. The summed E-state index contributed by atoms with van der Waals surface area (Å²) in [6, 6.07) is 80.9. The molecule has 2 nitrogen and oxygen atoms in total. The number of rotatable bonds is 4. The van der Waals surface area contributed by atoms with Crippen LogP contribution in [0, 0.1) is 0 Å². The molecule has 322 valence electrons. The minimum atomic E-state index is 0.819. The minimum Gasteiger partial charge on any atom is -0.309 e. The first-order valence-corrected chi connectivity index (χ1v) is 23.9. The van der Waals surface area contributed by atoms with Gasteiger partial charge in [-0.2, -0.15) is 0 Å². The van der Waals surface area contributed by atoms with Crippen molar-refractivity contribution in [3.8, 4) is 44.8 Å². The van der Waals surface area contributed by atoms with Crippen molar-refractivity contribution < 1.29 is 0 Å². The van der Waals surface area contributed by atoms with Crippen molar-refractivity contribution in [1.29, 1.82) is 0 Å². The molecule has 13 aromatic rings. The van der Waals surface area contributed by atoms with Gasteiger partial charge in [-0.25, -0.2) is 0 Å². The van der Waals surface area contributed by atoms with Crippen LogP contribution in [0.2, 0.25) is 0 Å². The third-order valence-electron chi connectivity index (χ3n) is 14.6. The smallest absolute Gasteiger partial charge is 0.0541 e. The van der Waals surface area contributed by atoms with Gasteiger partial charge in [0.15, 0.2) is 0 Å². The van der Waals surface area contributed by atoms with Gasteiger partial charge in [0, 0.05) is 32.9 Å². The van der Waals surface area contributed by atoms with E-state index in [1.54, 1.807) is 0 Å². The van der Waals surface area contributed by atoms with Crippen molar-refractivity contribution in [3.63, 3.8) is 0 Å². The number of nitrogens with zero attached hydrogens (tertiary/aromatic N) is 2. The van der Waals surface area contributed by atoms with Gasteiger partial charge in [0.05, 0.1) is 22.1 Å². The van der Waals surface area contributed by atoms with E-state index in [1.807, 2.05) is 0 Å². The SMILES string of the molecule is C=C1/C=C\C=C/Cc2cc(-c3ccc4cc(-n5c6ccccc6c6cc(-c7ccc8c(c7)c7ccccc7n8-c7ccccc7)ccc65)ccc4c3)c3ccc4ccccc4c3c2-c2ccccc21. The Morgan fingerprint density at radius 3 is 1.68 bits per heavy atom. The molecule has 2 heterocycles. The summed E-state index contributed by atoms with van der Waals surface area (Å²) in [5.41, 5.74) is 18.0. The van der Waals surface area contributed by atoms with Crippen LogP contribution in [0.4, 0.5) is 0 Å². The zero-order chi connectivity index (χ0) is 45.6. The average molecular weight is 877 g/mol. The predicted octanol–water partition coefficient (Wildman–Crippen LogP) is 18.0. The van der Waals surface area contributed by atoms with E-state index in [1.165, 1.54) is 126 Å². The monoisotopic (exact) mass is 876 g/mol. The molecule has 0 atom stereocenters. The average Bonchev–Trinajstić information content (AvgIpc) is 3.92. The molecule has 1 aliphatic carbocycles. The fourth-order valence-electron chi connectivity index (χ4n) is 11.5. The van der Waals surface area contributed by atoms with Crippen LogP contribution in [0.15, 0.2) is 249 Å². The van der Waals surface area contributed by atoms with Gasteiger partial charge in [-0.15, -0.1) is 0 Å². The maximum absolute atomic E-state index is 4.51. The van der Waals surface area contributed by atoms with Crippen molar-refractivity contribution >= 4 is 81.5 Å². The molecule has 0 N–H and O–H groups in total. The topological polar surface area (TPSA) is 9.86 Å². The molecule has 0 aliphatic heterocycles. The minimum absolute atomic E-state index is 0.819. The molecule has 2 heteroatoms. The first kappa shape index (κ1) is 39.2. The lowest BCUT2D eigenvalue weighted by Gasteiger charge is -2.21. The quantitative estimate of drug-likeness (QED) is 0.156. The molecule has 14 rings (SSSR count). The highest BCUT2D eigenvalue weighted by Gasteiger charge is 2.21. The number of para-hydroxylation sites is 3. The maximum Gasteiger partial charge on any atom is 0.0541 e. The summed E-state index contributed by atoms with van der Waals surface area (Å²) in [7, 11) is 0. The fraction of sp³-hybridized carbons (Fsp3) is 0.0149. The molecule has 0 spiro atoms. The van der Waals surface area contributed by atoms with E-state index in [0.29, 0.717) is 0 Å². The van der Waals surface area contributed by atoms with Gasteiger partial charge in [-0.3, -0.25) is 0 Å². The fourth-order valence-corrected chi connectivity index (χ4v) is 11.5. The van der Waals surface area contributed by atoms with Gasteiger partial charge < -0.3 is 9.13 Å². The second-order valence-corrected chi connectivity index (χ2v) is 18.5. The highest BCUT2D eigenvalue weighted by molar-refractivity contribution is 6.20. The van der Waals surface area contributed by atoms with Crippen molar-refractivity contribution in [3.05, 3.63) is 260 Å². The van der Waals surface area contributed by atoms with Crippen LogP contribution >= 0.6 is 0 Å². The van der Waals surface area contributed by atoms with E-state index < -0.39 is 0 Å². The molecule has 2 aromatic heterocycles. The Morgan fingerprint density at radius 2 is 0.928 bits per heavy atom. The van der Waals surface area contributed by atoms with Crippen LogP contribution in [0.5, 0.6) is 0 Å². The summed E-state index contributed by atoms with van der Waals surface area (Å²) in [6.45, 7) is 4.51. The van der Waals surface area contributed by atoms with E-state index >= 15 is 0 Å². The van der Waals surface area contributed by atoms with Crippen LogP contribution < -0.4 is 0 Å². The molecular formula is C67H44N2. The van der Waals surface area contributed by atoms with Crippen molar-refractivity contribution in [2.45, 2.75) is 6.42 Å². The van der Waals surface area contributed by atoms with E-state index in [2.05, 4.69) is 258 Å². The van der Waals surface area contributed by atoms with Crippen molar-refractivity contribution in [2.75, 3.05) is 0 Å². The zero-order valence-corrected chi connectivity index (χ0v) is 37.9.